The van der Waals surface area contributed by atoms with Gasteiger partial charge in [-0.3, -0.25) is 0 Å². The second kappa shape index (κ2) is 23.1. The number of allylic oxidation sites excluding steroid dienone is 8. The molecule has 42 heavy (non-hydrogen) atoms. The van der Waals surface area contributed by atoms with Crippen LogP contribution in [0.1, 0.15) is 91.9 Å². The van der Waals surface area contributed by atoms with Gasteiger partial charge in [0, 0.05) is 25.4 Å². The second-order valence-corrected chi connectivity index (χ2v) is 16.3. The molecule has 0 bridgehead atoms. The first-order valence-electron chi connectivity index (χ1n) is 14.8. The number of hydrogen-bond donors (Lipinski definition) is 0. The first kappa shape index (κ1) is 45.1. The molecular formula is C32H64N2O6S2. The molecule has 0 rings (SSSR count). The van der Waals surface area contributed by atoms with Gasteiger partial charge < -0.3 is 18.1 Å². The normalized spacial score (nSPS) is 14.1. The number of rotatable bonds is 17. The van der Waals surface area contributed by atoms with Crippen LogP contribution in [0.15, 0.2) is 46.6 Å². The van der Waals surface area contributed by atoms with Crippen LogP contribution >= 0.6 is 0 Å². The Kier molecular flexibility index (Phi) is 24.9. The molecule has 0 aromatic heterocycles. The molecule has 0 aliphatic carbocycles. The lowest BCUT2D eigenvalue weighted by Gasteiger charge is -2.23. The lowest BCUT2D eigenvalue weighted by atomic mass is 10.0. The SMILES string of the molecule is C/C(=C\CC/C=C(\C)CCC[N+](C)(C)C)CC/C=C(\C)CC/C=C(\C)CCC[N+](C)(C)C.CS(=O)(=O)[O-].CS(=O)(=O)[O-]. The first-order valence-corrected chi connectivity index (χ1v) is 18.5. The van der Waals surface area contributed by atoms with Crippen molar-refractivity contribution < 1.29 is 34.9 Å². The van der Waals surface area contributed by atoms with Gasteiger partial charge in [0.25, 0.3) is 0 Å². The van der Waals surface area contributed by atoms with E-state index in [1.807, 2.05) is 0 Å². The number of unbranched alkanes of at least 4 members (excludes halogenated alkanes) is 1. The average Bonchev–Trinajstić information content (AvgIpc) is 2.72. The molecule has 0 N–H and O–H groups in total. The topological polar surface area (TPSA) is 114 Å². The maximum atomic E-state index is 9.08. The molecule has 0 aliphatic heterocycles. The van der Waals surface area contributed by atoms with E-state index in [1.54, 1.807) is 16.7 Å². The quantitative estimate of drug-likeness (QED) is 0.0789. The number of hydrogen-bond acceptors (Lipinski definition) is 6. The van der Waals surface area contributed by atoms with E-state index in [4.69, 9.17) is 25.9 Å². The van der Waals surface area contributed by atoms with Gasteiger partial charge in [-0.05, 0) is 79.1 Å². The molecule has 0 saturated carbocycles. The van der Waals surface area contributed by atoms with E-state index in [9.17, 15) is 0 Å². The van der Waals surface area contributed by atoms with E-state index >= 15 is 0 Å². The van der Waals surface area contributed by atoms with Gasteiger partial charge in [0.2, 0.25) is 0 Å². The maximum absolute atomic E-state index is 9.08. The summed E-state index contributed by atoms with van der Waals surface area (Å²) >= 11 is 0. The Bertz CT molecular complexity index is 1010. The molecule has 0 atom stereocenters. The van der Waals surface area contributed by atoms with E-state index in [1.165, 1.54) is 82.9 Å². The molecule has 0 spiro atoms. The summed E-state index contributed by atoms with van der Waals surface area (Å²) in [5, 5.41) is 0. The predicted octanol–water partition coefficient (Wildman–Crippen LogP) is 6.41. The third-order valence-corrected chi connectivity index (χ3v) is 6.02. The zero-order chi connectivity index (χ0) is 33.6. The maximum Gasteiger partial charge on any atom is 0.0916 e. The zero-order valence-electron chi connectivity index (χ0n) is 29.0. The molecule has 250 valence electrons. The van der Waals surface area contributed by atoms with E-state index < -0.39 is 20.2 Å². The van der Waals surface area contributed by atoms with Crippen molar-refractivity contribution in [3.05, 3.63) is 46.6 Å². The van der Waals surface area contributed by atoms with Crippen molar-refractivity contribution in [1.29, 1.82) is 0 Å². The first-order chi connectivity index (χ1) is 18.8. The van der Waals surface area contributed by atoms with Gasteiger partial charge in [0.05, 0.1) is 75.6 Å². The average molecular weight is 637 g/mol. The molecule has 0 aromatic rings. The Morgan fingerprint density at radius 2 is 0.714 bits per heavy atom. The Balaban J connectivity index is -0.00000129. The zero-order valence-corrected chi connectivity index (χ0v) is 30.6. The molecule has 10 heteroatoms. The predicted molar refractivity (Wildman–Crippen MR) is 178 cm³/mol. The Labute approximate surface area is 261 Å². The van der Waals surface area contributed by atoms with Crippen LogP contribution in [0, 0.1) is 0 Å². The van der Waals surface area contributed by atoms with Crippen LogP contribution in [0.2, 0.25) is 0 Å². The summed E-state index contributed by atoms with van der Waals surface area (Å²) in [4.78, 5) is 0. The highest BCUT2D eigenvalue weighted by Gasteiger charge is 2.06. The second-order valence-electron chi connectivity index (χ2n) is 13.5. The van der Waals surface area contributed by atoms with Crippen LogP contribution < -0.4 is 0 Å². The van der Waals surface area contributed by atoms with Crippen molar-refractivity contribution in [2.45, 2.75) is 91.9 Å². The Morgan fingerprint density at radius 1 is 0.500 bits per heavy atom. The fraction of sp³-hybridized carbons (Fsp3) is 0.750. The van der Waals surface area contributed by atoms with Crippen LogP contribution in [0.5, 0.6) is 0 Å². The van der Waals surface area contributed by atoms with E-state index in [0.29, 0.717) is 12.5 Å². The lowest BCUT2D eigenvalue weighted by molar-refractivity contribution is -0.870. The van der Waals surface area contributed by atoms with Gasteiger partial charge in [-0.2, -0.15) is 0 Å². The molecule has 0 heterocycles. The Hall–Kier alpha value is -1.30. The minimum absolute atomic E-state index is 0.604. The summed E-state index contributed by atoms with van der Waals surface area (Å²) in [5.74, 6) is 0. The molecule has 0 unspecified atom stereocenters. The van der Waals surface area contributed by atoms with Crippen LogP contribution in [0.3, 0.4) is 0 Å². The lowest BCUT2D eigenvalue weighted by Crippen LogP contribution is -2.35. The van der Waals surface area contributed by atoms with Crippen LogP contribution in [0.25, 0.3) is 0 Å². The summed E-state index contributed by atoms with van der Waals surface area (Å²) in [6.45, 7) is 11.7. The summed E-state index contributed by atoms with van der Waals surface area (Å²) < 4.78 is 56.6. The highest BCUT2D eigenvalue weighted by molar-refractivity contribution is 7.85. The van der Waals surface area contributed by atoms with Gasteiger partial charge in [0.1, 0.15) is 0 Å². The van der Waals surface area contributed by atoms with E-state index in [0.717, 1.165) is 8.97 Å². The third kappa shape index (κ3) is 54.7. The van der Waals surface area contributed by atoms with Crippen molar-refractivity contribution in [2.24, 2.45) is 0 Å². The monoisotopic (exact) mass is 636 g/mol. The molecule has 0 radical (unpaired) electrons. The van der Waals surface area contributed by atoms with Crippen LogP contribution in [0.4, 0.5) is 0 Å². The number of quaternary nitrogens is 2. The molecule has 0 saturated heterocycles. The summed E-state index contributed by atoms with van der Waals surface area (Å²) in [6.07, 6.45) is 23.2. The van der Waals surface area contributed by atoms with Crippen molar-refractivity contribution >= 4 is 20.2 Å². The minimum atomic E-state index is -3.92. The van der Waals surface area contributed by atoms with Crippen molar-refractivity contribution in [1.82, 2.24) is 0 Å². The highest BCUT2D eigenvalue weighted by Crippen LogP contribution is 2.14. The van der Waals surface area contributed by atoms with E-state index in [-0.39, 0.29) is 0 Å². The van der Waals surface area contributed by atoms with Crippen LogP contribution in [-0.4, -0.2) is 103 Å². The van der Waals surface area contributed by atoms with Gasteiger partial charge in [-0.15, -0.1) is 0 Å². The van der Waals surface area contributed by atoms with Gasteiger partial charge in [-0.1, -0.05) is 46.6 Å². The standard InChI is InChI=1S/C30H58N2.2CH4O3S/c1-27(17-11-12-18-28(2)23-15-25-31(5,6)7)19-13-20-29(3)21-14-22-30(4)24-16-26-32(8,9)10;2*1-5(2,3)4/h17-18,20,22H,11-16,19,21,23-26H2,1-10H3;2*1H3,(H,2,3,4)/q+2;;/p-2/b27-17+,28-18+,29-20+,30-22+;;. The van der Waals surface area contributed by atoms with Gasteiger partial charge >= 0.3 is 0 Å². The molecule has 0 aromatic carbocycles. The smallest absolute Gasteiger partial charge is 0.0916 e. The van der Waals surface area contributed by atoms with Crippen LogP contribution in [-0.2, 0) is 20.2 Å². The van der Waals surface area contributed by atoms with Gasteiger partial charge in [-0.25, -0.2) is 16.8 Å². The Morgan fingerprint density at radius 3 is 0.952 bits per heavy atom. The molecule has 0 amide bonds. The largest absolute Gasteiger partial charge is 0.748 e. The van der Waals surface area contributed by atoms with E-state index in [2.05, 4.69) is 94.3 Å². The number of nitrogens with zero attached hydrogens (tertiary/aromatic N) is 2. The highest BCUT2D eigenvalue weighted by atomic mass is 32.2. The van der Waals surface area contributed by atoms with Gasteiger partial charge in [0.15, 0.2) is 0 Å². The molecule has 8 nitrogen and oxygen atoms in total. The van der Waals surface area contributed by atoms with Crippen molar-refractivity contribution in [2.75, 3.05) is 67.9 Å². The molecular weight excluding hydrogens is 572 g/mol. The molecule has 0 aliphatic rings. The fourth-order valence-corrected chi connectivity index (χ4v) is 3.82. The summed E-state index contributed by atoms with van der Waals surface area (Å²) in [7, 11) is 5.82. The molecule has 0 fully saturated rings. The summed E-state index contributed by atoms with van der Waals surface area (Å²) in [5.41, 5.74) is 6.20. The third-order valence-electron chi connectivity index (χ3n) is 6.02. The minimum Gasteiger partial charge on any atom is -0.748 e. The fourth-order valence-electron chi connectivity index (χ4n) is 3.82. The van der Waals surface area contributed by atoms with Crippen molar-refractivity contribution in [3.63, 3.8) is 0 Å². The summed E-state index contributed by atoms with van der Waals surface area (Å²) in [6, 6.07) is 0. The van der Waals surface area contributed by atoms with Crippen molar-refractivity contribution in [3.8, 4) is 0 Å².